The summed E-state index contributed by atoms with van der Waals surface area (Å²) in [4.78, 5) is 24.9. The van der Waals surface area contributed by atoms with Crippen molar-refractivity contribution >= 4 is 5.91 Å². The predicted molar refractivity (Wildman–Crippen MR) is 98.5 cm³/mol. The number of hydrogen-bond donors (Lipinski definition) is 1. The van der Waals surface area contributed by atoms with Crippen LogP contribution >= 0.6 is 0 Å². The number of para-hydroxylation sites is 1. The van der Waals surface area contributed by atoms with Gasteiger partial charge in [-0.05, 0) is 43.2 Å². The fourth-order valence-electron chi connectivity index (χ4n) is 3.00. The van der Waals surface area contributed by atoms with E-state index in [9.17, 15) is 14.0 Å². The molecule has 1 fully saturated rings. The molecule has 0 aliphatic heterocycles. The van der Waals surface area contributed by atoms with E-state index in [-0.39, 0.29) is 30.2 Å². The molecular formula is C20H19FN4O2. The Morgan fingerprint density at radius 3 is 2.63 bits per heavy atom. The number of amides is 1. The summed E-state index contributed by atoms with van der Waals surface area (Å²) in [5.41, 5.74) is 0.818. The van der Waals surface area contributed by atoms with Crippen molar-refractivity contribution in [3.05, 3.63) is 82.3 Å². The summed E-state index contributed by atoms with van der Waals surface area (Å²) in [6.45, 7) is 0.477. The van der Waals surface area contributed by atoms with Gasteiger partial charge in [-0.1, -0.05) is 24.3 Å². The zero-order valence-corrected chi connectivity index (χ0v) is 14.6. The minimum Gasteiger partial charge on any atom is -0.350 e. The lowest BCUT2D eigenvalue weighted by Gasteiger charge is -2.05. The van der Waals surface area contributed by atoms with Crippen LogP contribution in [-0.2, 0) is 6.54 Å². The Bertz CT molecular complexity index is 1020. The molecule has 6 nitrogen and oxygen atoms in total. The number of nitrogens with one attached hydrogen (secondary N) is 1. The molecule has 138 valence electrons. The van der Waals surface area contributed by atoms with E-state index in [1.807, 2.05) is 30.3 Å². The lowest BCUT2D eigenvalue weighted by atomic mass is 10.2. The van der Waals surface area contributed by atoms with E-state index in [2.05, 4.69) is 10.4 Å². The Labute approximate surface area is 155 Å². The summed E-state index contributed by atoms with van der Waals surface area (Å²) >= 11 is 0. The van der Waals surface area contributed by atoms with Gasteiger partial charge in [-0.3, -0.25) is 4.79 Å². The number of rotatable bonds is 6. The van der Waals surface area contributed by atoms with Crippen molar-refractivity contribution in [1.82, 2.24) is 19.7 Å². The van der Waals surface area contributed by atoms with Gasteiger partial charge >= 0.3 is 5.69 Å². The van der Waals surface area contributed by atoms with Gasteiger partial charge in [-0.25, -0.2) is 18.4 Å². The molecule has 1 heterocycles. The maximum absolute atomic E-state index is 13.2. The molecule has 0 atom stereocenters. The first-order valence-electron chi connectivity index (χ1n) is 8.92. The number of benzene rings is 2. The molecular weight excluding hydrogens is 347 g/mol. The van der Waals surface area contributed by atoms with E-state index in [0.29, 0.717) is 5.92 Å². The highest BCUT2D eigenvalue weighted by atomic mass is 19.1. The van der Waals surface area contributed by atoms with Crippen LogP contribution in [0.5, 0.6) is 0 Å². The summed E-state index contributed by atoms with van der Waals surface area (Å²) in [6, 6.07) is 14.9. The first kappa shape index (κ1) is 17.2. The van der Waals surface area contributed by atoms with Crippen LogP contribution in [0, 0.1) is 5.82 Å². The molecule has 7 heteroatoms. The maximum Gasteiger partial charge on any atom is 0.350 e. The number of carbonyl (C=O) groups excluding carboxylic acids is 1. The molecule has 0 radical (unpaired) electrons. The average molecular weight is 366 g/mol. The molecule has 1 aromatic heterocycles. The number of hydrogen-bond acceptors (Lipinski definition) is 3. The SMILES string of the molecule is O=C(NCCn1nc(C2CC2)n(-c2ccccc2)c1=O)c1cccc(F)c1. The van der Waals surface area contributed by atoms with E-state index >= 15 is 0 Å². The Morgan fingerprint density at radius 1 is 1.15 bits per heavy atom. The second-order valence-corrected chi connectivity index (χ2v) is 6.58. The van der Waals surface area contributed by atoms with E-state index in [0.717, 1.165) is 24.4 Å². The highest BCUT2D eigenvalue weighted by Gasteiger charge is 2.31. The van der Waals surface area contributed by atoms with E-state index in [1.54, 1.807) is 10.6 Å². The minimum absolute atomic E-state index is 0.219. The molecule has 4 rings (SSSR count). The van der Waals surface area contributed by atoms with Crippen molar-refractivity contribution in [2.75, 3.05) is 6.54 Å². The van der Waals surface area contributed by atoms with Crippen LogP contribution in [0.25, 0.3) is 5.69 Å². The molecule has 27 heavy (non-hydrogen) atoms. The third-order valence-corrected chi connectivity index (χ3v) is 4.52. The molecule has 2 aromatic carbocycles. The van der Waals surface area contributed by atoms with Gasteiger partial charge in [-0.15, -0.1) is 0 Å². The van der Waals surface area contributed by atoms with Crippen LogP contribution in [0.2, 0.25) is 0 Å². The number of aromatic nitrogens is 3. The smallest absolute Gasteiger partial charge is 0.350 e. The molecule has 0 bridgehead atoms. The van der Waals surface area contributed by atoms with Gasteiger partial charge in [0.25, 0.3) is 5.91 Å². The molecule has 1 saturated carbocycles. The summed E-state index contributed by atoms with van der Waals surface area (Å²) < 4.78 is 16.2. The lowest BCUT2D eigenvalue weighted by molar-refractivity contribution is 0.0951. The molecule has 0 saturated heterocycles. The van der Waals surface area contributed by atoms with Gasteiger partial charge in [0.1, 0.15) is 11.6 Å². The van der Waals surface area contributed by atoms with Crippen molar-refractivity contribution < 1.29 is 9.18 Å². The Morgan fingerprint density at radius 2 is 1.93 bits per heavy atom. The fourth-order valence-corrected chi connectivity index (χ4v) is 3.00. The highest BCUT2D eigenvalue weighted by molar-refractivity contribution is 5.94. The monoisotopic (exact) mass is 366 g/mol. The van der Waals surface area contributed by atoms with Crippen molar-refractivity contribution in [2.24, 2.45) is 0 Å². The quantitative estimate of drug-likeness (QED) is 0.729. The molecule has 1 aliphatic carbocycles. The molecule has 0 unspecified atom stereocenters. The highest BCUT2D eigenvalue weighted by Crippen LogP contribution is 2.39. The summed E-state index contributed by atoms with van der Waals surface area (Å²) in [5, 5.41) is 7.19. The van der Waals surface area contributed by atoms with Gasteiger partial charge in [0.05, 0.1) is 12.2 Å². The second-order valence-electron chi connectivity index (χ2n) is 6.58. The van der Waals surface area contributed by atoms with Crippen LogP contribution in [0.15, 0.2) is 59.4 Å². The standard InChI is InChI=1S/C20H19FN4O2/c21-16-6-4-5-15(13-16)19(26)22-11-12-24-20(27)25(17-7-2-1-3-8-17)18(23-24)14-9-10-14/h1-8,13-14H,9-12H2,(H,22,26). The van der Waals surface area contributed by atoms with Crippen LogP contribution < -0.4 is 11.0 Å². The zero-order valence-electron chi connectivity index (χ0n) is 14.6. The number of carbonyl (C=O) groups is 1. The lowest BCUT2D eigenvalue weighted by Crippen LogP contribution is -2.32. The van der Waals surface area contributed by atoms with Crippen molar-refractivity contribution in [3.63, 3.8) is 0 Å². The zero-order chi connectivity index (χ0) is 18.8. The first-order chi connectivity index (χ1) is 13.1. The second kappa shape index (κ2) is 7.19. The van der Waals surface area contributed by atoms with Crippen molar-refractivity contribution in [3.8, 4) is 5.69 Å². The number of nitrogens with zero attached hydrogens (tertiary/aromatic N) is 3. The molecule has 0 spiro atoms. The van der Waals surface area contributed by atoms with E-state index in [4.69, 9.17) is 0 Å². The molecule has 1 aliphatic rings. The van der Waals surface area contributed by atoms with E-state index in [1.165, 1.54) is 22.9 Å². The van der Waals surface area contributed by atoms with Crippen molar-refractivity contribution in [1.29, 1.82) is 0 Å². The van der Waals surface area contributed by atoms with Crippen LogP contribution in [-0.4, -0.2) is 26.8 Å². The summed E-state index contributed by atoms with van der Waals surface area (Å²) in [6.07, 6.45) is 2.05. The normalized spacial score (nSPS) is 13.5. The predicted octanol–water partition coefficient (Wildman–Crippen LogP) is 2.48. The molecule has 1 amide bonds. The van der Waals surface area contributed by atoms with E-state index < -0.39 is 5.82 Å². The van der Waals surface area contributed by atoms with Crippen LogP contribution in [0.3, 0.4) is 0 Å². The van der Waals surface area contributed by atoms with Gasteiger partial charge in [0, 0.05) is 18.0 Å². The topological polar surface area (TPSA) is 68.9 Å². The minimum atomic E-state index is -0.463. The average Bonchev–Trinajstić information content (AvgIpc) is 3.47. The molecule has 1 N–H and O–H groups in total. The summed E-state index contributed by atoms with van der Waals surface area (Å²) in [7, 11) is 0. The van der Waals surface area contributed by atoms with Gasteiger partial charge < -0.3 is 5.32 Å². The van der Waals surface area contributed by atoms with Crippen LogP contribution in [0.1, 0.15) is 34.9 Å². The van der Waals surface area contributed by atoms with Crippen molar-refractivity contribution in [2.45, 2.75) is 25.3 Å². The Balaban J connectivity index is 1.50. The Kier molecular flexibility index (Phi) is 4.58. The molecule has 3 aromatic rings. The maximum atomic E-state index is 13.2. The Hall–Kier alpha value is -3.22. The number of halogens is 1. The van der Waals surface area contributed by atoms with Gasteiger partial charge in [0.2, 0.25) is 0 Å². The fraction of sp³-hybridized carbons (Fsp3) is 0.250. The third kappa shape index (κ3) is 3.67. The third-order valence-electron chi connectivity index (χ3n) is 4.52. The van der Waals surface area contributed by atoms with Gasteiger partial charge in [-0.2, -0.15) is 5.10 Å². The first-order valence-corrected chi connectivity index (χ1v) is 8.92. The van der Waals surface area contributed by atoms with Gasteiger partial charge in [0.15, 0.2) is 0 Å². The summed E-state index contributed by atoms with van der Waals surface area (Å²) in [5.74, 6) is 0.228. The van der Waals surface area contributed by atoms with Crippen LogP contribution in [0.4, 0.5) is 4.39 Å². The largest absolute Gasteiger partial charge is 0.350 e.